The summed E-state index contributed by atoms with van der Waals surface area (Å²) in [5.74, 6) is -0.891. The van der Waals surface area contributed by atoms with Gasteiger partial charge in [0.15, 0.2) is 0 Å². The van der Waals surface area contributed by atoms with Crippen LogP contribution in [0.1, 0.15) is 19.8 Å². The molecule has 2 amide bonds. The highest BCUT2D eigenvalue weighted by Gasteiger charge is 2.25. The fourth-order valence-corrected chi connectivity index (χ4v) is 1.74. The zero-order valence-electron chi connectivity index (χ0n) is 10.4. The fraction of sp³-hybridized carbons (Fsp3) is 0.818. The number of morpholine rings is 1. The number of urea groups is 1. The number of aliphatic carboxylic acids is 1. The van der Waals surface area contributed by atoms with E-state index in [0.717, 1.165) is 6.42 Å². The van der Waals surface area contributed by atoms with Crippen LogP contribution in [0.5, 0.6) is 0 Å². The molecule has 17 heavy (non-hydrogen) atoms. The van der Waals surface area contributed by atoms with Crippen LogP contribution in [-0.2, 0) is 9.53 Å². The summed E-state index contributed by atoms with van der Waals surface area (Å²) in [6, 6.07) is -0.118. The van der Waals surface area contributed by atoms with Crippen molar-refractivity contribution in [3.8, 4) is 0 Å². The Balaban J connectivity index is 2.42. The third-order valence-electron chi connectivity index (χ3n) is 2.85. The van der Waals surface area contributed by atoms with Crippen LogP contribution in [0.3, 0.4) is 0 Å². The molecule has 6 heteroatoms. The summed E-state index contributed by atoms with van der Waals surface area (Å²) in [6.07, 6.45) is 0.951. The van der Waals surface area contributed by atoms with Crippen molar-refractivity contribution in [2.45, 2.75) is 25.9 Å². The second-order valence-corrected chi connectivity index (χ2v) is 4.19. The van der Waals surface area contributed by atoms with Gasteiger partial charge in [-0.2, -0.15) is 0 Å². The number of hydrogen-bond acceptors (Lipinski definition) is 3. The summed E-state index contributed by atoms with van der Waals surface area (Å²) in [5, 5.41) is 8.56. The number of rotatable bonds is 4. The van der Waals surface area contributed by atoms with E-state index >= 15 is 0 Å². The molecule has 0 aromatic rings. The molecule has 0 spiro atoms. The molecule has 1 N–H and O–H groups in total. The van der Waals surface area contributed by atoms with E-state index in [1.54, 1.807) is 11.9 Å². The lowest BCUT2D eigenvalue weighted by atomic mass is 10.2. The van der Waals surface area contributed by atoms with Crippen molar-refractivity contribution >= 4 is 12.0 Å². The summed E-state index contributed by atoms with van der Waals surface area (Å²) in [4.78, 5) is 25.6. The number of carboxylic acid groups (broad SMARTS) is 1. The molecular weight excluding hydrogens is 224 g/mol. The number of carbonyl (C=O) groups excluding carboxylic acids is 1. The SMILES string of the molecule is CCC1CN(C(=O)N(C)CCC(=O)O)CCO1. The first-order valence-electron chi connectivity index (χ1n) is 5.88. The first-order valence-corrected chi connectivity index (χ1v) is 5.88. The minimum atomic E-state index is -0.891. The summed E-state index contributed by atoms with van der Waals surface area (Å²) >= 11 is 0. The Labute approximate surface area is 101 Å². The maximum Gasteiger partial charge on any atom is 0.319 e. The van der Waals surface area contributed by atoms with Crippen LogP contribution >= 0.6 is 0 Å². The van der Waals surface area contributed by atoms with Gasteiger partial charge in [0.05, 0.1) is 19.1 Å². The molecule has 1 saturated heterocycles. The van der Waals surface area contributed by atoms with Crippen LogP contribution in [0.15, 0.2) is 0 Å². The van der Waals surface area contributed by atoms with Gasteiger partial charge < -0.3 is 19.6 Å². The van der Waals surface area contributed by atoms with Crippen LogP contribution in [0.2, 0.25) is 0 Å². The van der Waals surface area contributed by atoms with Gasteiger partial charge in [-0.15, -0.1) is 0 Å². The van der Waals surface area contributed by atoms with Crippen LogP contribution in [0.25, 0.3) is 0 Å². The number of nitrogens with zero attached hydrogens (tertiary/aromatic N) is 2. The zero-order valence-corrected chi connectivity index (χ0v) is 10.4. The third kappa shape index (κ3) is 4.22. The van der Waals surface area contributed by atoms with E-state index < -0.39 is 5.97 Å². The molecule has 0 bridgehead atoms. The fourth-order valence-electron chi connectivity index (χ4n) is 1.74. The van der Waals surface area contributed by atoms with Gasteiger partial charge >= 0.3 is 12.0 Å². The summed E-state index contributed by atoms with van der Waals surface area (Å²) in [6.45, 7) is 3.98. The minimum absolute atomic E-state index is 0.0240. The van der Waals surface area contributed by atoms with E-state index in [0.29, 0.717) is 19.7 Å². The van der Waals surface area contributed by atoms with E-state index in [1.807, 2.05) is 6.92 Å². The topological polar surface area (TPSA) is 70.1 Å². The van der Waals surface area contributed by atoms with E-state index in [2.05, 4.69) is 0 Å². The molecule has 0 aromatic heterocycles. The van der Waals surface area contributed by atoms with Crippen molar-refractivity contribution in [1.82, 2.24) is 9.80 Å². The molecule has 1 aliphatic rings. The molecule has 1 rings (SSSR count). The number of ether oxygens (including phenoxy) is 1. The Kier molecular flexibility index (Phi) is 5.21. The largest absolute Gasteiger partial charge is 0.481 e. The first-order chi connectivity index (χ1) is 8.04. The molecular formula is C11H20N2O4. The number of carbonyl (C=O) groups is 2. The average molecular weight is 244 g/mol. The molecule has 6 nitrogen and oxygen atoms in total. The maximum absolute atomic E-state index is 12.0. The lowest BCUT2D eigenvalue weighted by molar-refractivity contribution is -0.137. The standard InChI is InChI=1S/C11H20N2O4/c1-3-9-8-13(6-7-17-9)11(16)12(2)5-4-10(14)15/h9H,3-8H2,1-2H3,(H,14,15). The van der Waals surface area contributed by atoms with E-state index in [9.17, 15) is 9.59 Å². The van der Waals surface area contributed by atoms with Crippen molar-refractivity contribution in [3.05, 3.63) is 0 Å². The van der Waals surface area contributed by atoms with Gasteiger partial charge in [-0.05, 0) is 6.42 Å². The molecule has 98 valence electrons. The normalized spacial score (nSPS) is 20.1. The van der Waals surface area contributed by atoms with Crippen LogP contribution in [-0.4, -0.2) is 66.3 Å². The Hall–Kier alpha value is -1.30. The van der Waals surface area contributed by atoms with E-state index in [4.69, 9.17) is 9.84 Å². The lowest BCUT2D eigenvalue weighted by Gasteiger charge is -2.34. The first kappa shape index (κ1) is 13.8. The van der Waals surface area contributed by atoms with Crippen LogP contribution in [0, 0.1) is 0 Å². The molecule has 1 heterocycles. The van der Waals surface area contributed by atoms with Crippen molar-refractivity contribution < 1.29 is 19.4 Å². The molecule has 0 aromatic carbocycles. The van der Waals surface area contributed by atoms with E-state index in [-0.39, 0.29) is 25.1 Å². The predicted molar refractivity (Wildman–Crippen MR) is 61.9 cm³/mol. The van der Waals surface area contributed by atoms with Crippen molar-refractivity contribution in [3.63, 3.8) is 0 Å². The third-order valence-corrected chi connectivity index (χ3v) is 2.85. The molecule has 0 radical (unpaired) electrons. The summed E-state index contributed by atoms with van der Waals surface area (Å²) in [5.41, 5.74) is 0. The average Bonchev–Trinajstić information content (AvgIpc) is 2.35. The highest BCUT2D eigenvalue weighted by atomic mass is 16.5. The molecule has 1 aliphatic heterocycles. The highest BCUT2D eigenvalue weighted by molar-refractivity contribution is 5.75. The predicted octanol–water partition coefficient (Wildman–Crippen LogP) is 0.624. The van der Waals surface area contributed by atoms with Crippen LogP contribution in [0.4, 0.5) is 4.79 Å². The van der Waals surface area contributed by atoms with Crippen molar-refractivity contribution in [2.75, 3.05) is 33.3 Å². The number of amides is 2. The van der Waals surface area contributed by atoms with Crippen LogP contribution < -0.4 is 0 Å². The van der Waals surface area contributed by atoms with Gasteiger partial charge in [-0.1, -0.05) is 6.92 Å². The van der Waals surface area contributed by atoms with Gasteiger partial charge in [0.1, 0.15) is 0 Å². The zero-order chi connectivity index (χ0) is 12.8. The Morgan fingerprint density at radius 1 is 1.53 bits per heavy atom. The van der Waals surface area contributed by atoms with E-state index in [1.165, 1.54) is 4.90 Å². The second kappa shape index (κ2) is 6.44. The monoisotopic (exact) mass is 244 g/mol. The Bertz CT molecular complexity index is 283. The molecule has 1 fully saturated rings. The van der Waals surface area contributed by atoms with Gasteiger partial charge in [-0.25, -0.2) is 4.79 Å². The van der Waals surface area contributed by atoms with Gasteiger partial charge in [0.25, 0.3) is 0 Å². The maximum atomic E-state index is 12.0. The molecule has 0 aliphatic carbocycles. The number of hydrogen-bond donors (Lipinski definition) is 1. The Morgan fingerprint density at radius 3 is 2.82 bits per heavy atom. The number of carboxylic acids is 1. The highest BCUT2D eigenvalue weighted by Crippen LogP contribution is 2.10. The lowest BCUT2D eigenvalue weighted by Crippen LogP contribution is -2.50. The smallest absolute Gasteiger partial charge is 0.319 e. The van der Waals surface area contributed by atoms with Crippen molar-refractivity contribution in [2.24, 2.45) is 0 Å². The van der Waals surface area contributed by atoms with Crippen molar-refractivity contribution in [1.29, 1.82) is 0 Å². The molecule has 1 unspecified atom stereocenters. The quantitative estimate of drug-likeness (QED) is 0.787. The van der Waals surface area contributed by atoms with Gasteiger partial charge in [0.2, 0.25) is 0 Å². The van der Waals surface area contributed by atoms with Gasteiger partial charge in [0, 0.05) is 26.7 Å². The summed E-state index contributed by atoms with van der Waals surface area (Å²) < 4.78 is 5.48. The van der Waals surface area contributed by atoms with Gasteiger partial charge in [-0.3, -0.25) is 4.79 Å². The molecule has 1 atom stereocenters. The summed E-state index contributed by atoms with van der Waals surface area (Å²) in [7, 11) is 1.63. The minimum Gasteiger partial charge on any atom is -0.481 e. The molecule has 0 saturated carbocycles. The Morgan fingerprint density at radius 2 is 2.24 bits per heavy atom. The second-order valence-electron chi connectivity index (χ2n) is 4.19.